The van der Waals surface area contributed by atoms with Gasteiger partial charge in [-0.3, -0.25) is 0 Å². The number of thiazole rings is 1. The predicted octanol–water partition coefficient (Wildman–Crippen LogP) is 6.78. The average Bonchev–Trinajstić information content (AvgIpc) is 3.59. The molecule has 6 nitrogen and oxygen atoms in total. The Bertz CT molecular complexity index is 1540. The van der Waals surface area contributed by atoms with E-state index in [1.807, 2.05) is 59.4 Å². The third kappa shape index (κ3) is 3.81. The van der Waals surface area contributed by atoms with Gasteiger partial charge in [-0.1, -0.05) is 48.6 Å². The number of aromatic nitrogens is 4. The van der Waals surface area contributed by atoms with Gasteiger partial charge in [-0.05, 0) is 37.1 Å². The maximum absolute atomic E-state index is 6.21. The summed E-state index contributed by atoms with van der Waals surface area (Å²) < 4.78 is 14.2. The van der Waals surface area contributed by atoms with Crippen molar-refractivity contribution >= 4 is 38.6 Å². The molecule has 4 heterocycles. The molecule has 0 radical (unpaired) electrons. The molecule has 0 aliphatic heterocycles. The van der Waals surface area contributed by atoms with Crippen molar-refractivity contribution in [1.29, 1.82) is 0 Å². The number of hydrogen-bond donors (Lipinski definition) is 0. The second-order valence-electron chi connectivity index (χ2n) is 7.79. The first kappa shape index (κ1) is 20.1. The van der Waals surface area contributed by atoms with E-state index in [9.17, 15) is 0 Å². The lowest BCUT2D eigenvalue weighted by Gasteiger charge is -2.06. The highest BCUT2D eigenvalue weighted by Crippen LogP contribution is 2.35. The molecule has 0 aliphatic rings. The lowest BCUT2D eigenvalue weighted by molar-refractivity contribution is 0.306. The molecule has 0 unspecified atom stereocenters. The summed E-state index contributed by atoms with van der Waals surface area (Å²) in [6.45, 7) is 4.52. The third-order valence-electron chi connectivity index (χ3n) is 5.33. The molecule has 6 rings (SSSR count). The van der Waals surface area contributed by atoms with Gasteiger partial charge in [0.2, 0.25) is 4.96 Å². The second-order valence-corrected chi connectivity index (χ2v) is 9.69. The number of rotatable bonds is 6. The number of ether oxygens (including phenoxy) is 1. The summed E-state index contributed by atoms with van der Waals surface area (Å²) in [5.74, 6) is 1.48. The van der Waals surface area contributed by atoms with Crippen LogP contribution in [-0.4, -0.2) is 19.6 Å². The summed E-state index contributed by atoms with van der Waals surface area (Å²) in [5, 5.41) is 9.58. The van der Waals surface area contributed by atoms with Gasteiger partial charge in [0, 0.05) is 10.9 Å². The van der Waals surface area contributed by atoms with Gasteiger partial charge in [0.1, 0.15) is 33.6 Å². The average molecular weight is 473 g/mol. The summed E-state index contributed by atoms with van der Waals surface area (Å²) in [5.41, 5.74) is 4.64. The van der Waals surface area contributed by atoms with Gasteiger partial charge >= 0.3 is 0 Å². The Labute approximate surface area is 198 Å². The Morgan fingerprint density at radius 2 is 1.97 bits per heavy atom. The molecular weight excluding hydrogens is 452 g/mol. The molecule has 0 aliphatic carbocycles. The zero-order valence-electron chi connectivity index (χ0n) is 18.1. The molecule has 4 aromatic heterocycles. The fraction of sp³-hybridized carbons (Fsp3) is 0.160. The number of hydrogen-bond acceptors (Lipinski definition) is 7. The van der Waals surface area contributed by atoms with E-state index in [0.717, 1.165) is 60.6 Å². The van der Waals surface area contributed by atoms with Gasteiger partial charge in [0.15, 0.2) is 5.76 Å². The zero-order chi connectivity index (χ0) is 22.4. The summed E-state index contributed by atoms with van der Waals surface area (Å²) in [4.78, 5) is 10.3. The van der Waals surface area contributed by atoms with Crippen LogP contribution in [0.15, 0.2) is 64.5 Å². The standard InChI is InChI=1S/C25H20N4O2S2/c1-3-23-28-29-12-19(27-25(29)33-23)22-11-18-20(9-15(2)10-21(18)31-22)30-13-17-14-32-24(26-17)16-7-5-4-6-8-16/h4-12,14H,3,13H2,1-2H3. The first-order valence-electron chi connectivity index (χ1n) is 10.7. The molecule has 2 aromatic carbocycles. The monoisotopic (exact) mass is 472 g/mol. The van der Waals surface area contributed by atoms with Crippen LogP contribution in [-0.2, 0) is 13.0 Å². The normalized spacial score (nSPS) is 11.6. The minimum Gasteiger partial charge on any atom is -0.486 e. The van der Waals surface area contributed by atoms with Gasteiger partial charge in [-0.2, -0.15) is 5.10 Å². The van der Waals surface area contributed by atoms with E-state index in [1.165, 1.54) is 0 Å². The van der Waals surface area contributed by atoms with Crippen LogP contribution in [0.5, 0.6) is 5.75 Å². The van der Waals surface area contributed by atoms with E-state index in [1.54, 1.807) is 22.7 Å². The largest absolute Gasteiger partial charge is 0.486 e. The predicted molar refractivity (Wildman–Crippen MR) is 132 cm³/mol. The maximum Gasteiger partial charge on any atom is 0.212 e. The number of aryl methyl sites for hydroxylation is 2. The SMILES string of the molecule is CCc1nn2cc(-c3cc4c(OCc5csc(-c6ccccc6)n5)cc(C)cc4o3)nc2s1. The maximum atomic E-state index is 6.21. The van der Waals surface area contributed by atoms with Crippen LogP contribution >= 0.6 is 22.7 Å². The van der Waals surface area contributed by atoms with Crippen LogP contribution < -0.4 is 4.74 Å². The molecule has 0 atom stereocenters. The molecule has 0 bridgehead atoms. The van der Waals surface area contributed by atoms with Gasteiger partial charge in [0.25, 0.3) is 0 Å². The lowest BCUT2D eigenvalue weighted by Crippen LogP contribution is -1.96. The van der Waals surface area contributed by atoms with Crippen molar-refractivity contribution in [1.82, 2.24) is 19.6 Å². The number of imidazole rings is 1. The van der Waals surface area contributed by atoms with Gasteiger partial charge in [-0.15, -0.1) is 11.3 Å². The Kier molecular flexibility index (Phi) is 4.96. The van der Waals surface area contributed by atoms with E-state index in [-0.39, 0.29) is 0 Å². The number of nitrogens with zero attached hydrogens (tertiary/aromatic N) is 4. The first-order valence-corrected chi connectivity index (χ1v) is 12.4. The van der Waals surface area contributed by atoms with E-state index in [0.29, 0.717) is 12.4 Å². The smallest absolute Gasteiger partial charge is 0.212 e. The van der Waals surface area contributed by atoms with Crippen molar-refractivity contribution in [3.05, 3.63) is 76.4 Å². The number of benzene rings is 2. The molecular formula is C25H20N4O2S2. The van der Waals surface area contributed by atoms with Crippen molar-refractivity contribution in [2.24, 2.45) is 0 Å². The molecule has 164 valence electrons. The van der Waals surface area contributed by atoms with Crippen LogP contribution in [0.3, 0.4) is 0 Å². The fourth-order valence-electron chi connectivity index (χ4n) is 3.72. The van der Waals surface area contributed by atoms with Crippen LogP contribution in [0.4, 0.5) is 0 Å². The topological polar surface area (TPSA) is 65.5 Å². The molecule has 0 N–H and O–H groups in total. The first-order chi connectivity index (χ1) is 16.2. The molecule has 8 heteroatoms. The van der Waals surface area contributed by atoms with Crippen molar-refractivity contribution in [3.63, 3.8) is 0 Å². The Morgan fingerprint density at radius 3 is 2.79 bits per heavy atom. The minimum absolute atomic E-state index is 0.395. The number of furan rings is 1. The van der Waals surface area contributed by atoms with Gasteiger partial charge in [0.05, 0.1) is 17.3 Å². The quantitative estimate of drug-likeness (QED) is 0.267. The van der Waals surface area contributed by atoms with Crippen LogP contribution in [0.1, 0.15) is 23.2 Å². The lowest BCUT2D eigenvalue weighted by atomic mass is 10.1. The second kappa shape index (κ2) is 8.13. The zero-order valence-corrected chi connectivity index (χ0v) is 19.7. The molecule has 0 amide bonds. The van der Waals surface area contributed by atoms with Crippen molar-refractivity contribution in [3.8, 4) is 27.8 Å². The molecule has 0 spiro atoms. The van der Waals surface area contributed by atoms with Gasteiger partial charge in [-0.25, -0.2) is 14.5 Å². The third-order valence-corrected chi connectivity index (χ3v) is 7.34. The van der Waals surface area contributed by atoms with E-state index in [2.05, 4.69) is 24.2 Å². The van der Waals surface area contributed by atoms with Crippen molar-refractivity contribution in [2.45, 2.75) is 26.9 Å². The molecule has 0 saturated carbocycles. The van der Waals surface area contributed by atoms with E-state index < -0.39 is 0 Å². The van der Waals surface area contributed by atoms with Gasteiger partial charge < -0.3 is 9.15 Å². The summed E-state index contributed by atoms with van der Waals surface area (Å²) >= 11 is 3.23. The highest BCUT2D eigenvalue weighted by Gasteiger charge is 2.16. The van der Waals surface area contributed by atoms with Crippen molar-refractivity contribution in [2.75, 3.05) is 0 Å². The molecule has 0 saturated heterocycles. The van der Waals surface area contributed by atoms with Crippen LogP contribution in [0, 0.1) is 6.92 Å². The fourth-order valence-corrected chi connectivity index (χ4v) is 5.35. The highest BCUT2D eigenvalue weighted by atomic mass is 32.1. The number of fused-ring (bicyclic) bond motifs is 2. The van der Waals surface area contributed by atoms with E-state index >= 15 is 0 Å². The summed E-state index contributed by atoms with van der Waals surface area (Å²) in [6.07, 6.45) is 2.82. The Morgan fingerprint density at radius 1 is 1.09 bits per heavy atom. The molecule has 0 fully saturated rings. The Hall–Kier alpha value is -3.49. The minimum atomic E-state index is 0.395. The summed E-state index contributed by atoms with van der Waals surface area (Å²) in [6, 6.07) is 16.2. The Balaban J connectivity index is 1.28. The highest BCUT2D eigenvalue weighted by molar-refractivity contribution is 7.16. The van der Waals surface area contributed by atoms with E-state index in [4.69, 9.17) is 19.1 Å². The van der Waals surface area contributed by atoms with Crippen LogP contribution in [0.25, 0.3) is 38.0 Å². The van der Waals surface area contributed by atoms with Crippen LogP contribution in [0.2, 0.25) is 0 Å². The summed E-state index contributed by atoms with van der Waals surface area (Å²) in [7, 11) is 0. The van der Waals surface area contributed by atoms with Crippen molar-refractivity contribution < 1.29 is 9.15 Å². The molecule has 6 aromatic rings. The molecule has 33 heavy (non-hydrogen) atoms.